The smallest absolute Gasteiger partial charge is 0.326 e. The monoisotopic (exact) mass is 2130 g/mol. The molecule has 7 rings (SSSR count). The van der Waals surface area contributed by atoms with Gasteiger partial charge in [0.15, 0.2) is 64.4 Å². The number of Topliss-reactive ketones (excluding diaryl/α,β-unsaturated/α-hetero) is 3. The number of primary amides is 7. The van der Waals surface area contributed by atoms with Crippen LogP contribution in [0.1, 0.15) is 320 Å². The van der Waals surface area contributed by atoms with Gasteiger partial charge in [-0.05, 0) is 162 Å². The fourth-order valence-electron chi connectivity index (χ4n) is 14.0. The molecule has 0 aliphatic carbocycles. The second-order valence-corrected chi connectivity index (χ2v) is 34.4. The van der Waals surface area contributed by atoms with Gasteiger partial charge in [0, 0.05) is 77.7 Å². The number of unbranched alkanes of at least 4 members (excludes halogenated alkanes) is 2. The predicted octanol–water partition coefficient (Wildman–Crippen LogP) is -7.03. The van der Waals surface area contributed by atoms with Crippen molar-refractivity contribution in [2.75, 3.05) is 52.4 Å². The molecule has 14 atom stereocenters. The number of rotatable bonds is 62. The van der Waals surface area contributed by atoms with Crippen LogP contribution in [0, 0.1) is 0 Å². The molecule has 0 radical (unpaired) electrons. The number of urea groups is 5. The van der Waals surface area contributed by atoms with Crippen LogP contribution in [0.2, 0.25) is 0 Å². The SMILES string of the molecule is CC(=O)C1CCCN1C(=O)N[C@@H](CCC(N)=O)c1nc([C@@H](N)CCCCN)no1.CC(=O)C1CCCN1C(=O)N[C@@H](CCC(N)=O)c1nc([C@@H](N)CCCN=C(N)N)no1.CC(=O)[C@H](CCCN=C(N)N)NC(=O)N[C@@H](CCC(N)=O)c1nc([C@@H](N)CC(N)=O)no1.NC(=O)CC[C@H](NC(=O)NCC(=O)O)c1nc([C@@H](N)CCCN=C(N)N)no1.NCCCC[C@H](NC(=O)N[C@@H](CCC(N)=O)c1nc([C@@H](N)CC(N)=O)no1)C(=O)O. The lowest BCUT2D eigenvalue weighted by Gasteiger charge is -2.25. The Labute approximate surface area is 858 Å². The molecule has 2 aliphatic heterocycles. The summed E-state index contributed by atoms with van der Waals surface area (Å²) in [4.78, 5) is 233. The van der Waals surface area contributed by atoms with Crippen LogP contribution in [0.3, 0.4) is 0 Å². The van der Waals surface area contributed by atoms with Crippen molar-refractivity contribution in [3.63, 3.8) is 0 Å². The quantitative estimate of drug-likeness (QED) is 0.00977. The van der Waals surface area contributed by atoms with Gasteiger partial charge < -0.3 is 200 Å². The third kappa shape index (κ3) is 51.2. The van der Waals surface area contributed by atoms with Crippen molar-refractivity contribution in [2.45, 2.75) is 285 Å². The van der Waals surface area contributed by atoms with Gasteiger partial charge in [0.1, 0.15) is 42.8 Å². The van der Waals surface area contributed by atoms with Gasteiger partial charge in [-0.1, -0.05) is 32.2 Å². The number of ketones is 3. The van der Waals surface area contributed by atoms with E-state index in [1.165, 1.54) is 30.6 Å². The minimum absolute atomic E-state index is 0.00334. The van der Waals surface area contributed by atoms with E-state index in [1.54, 1.807) is 0 Å². The molecular formula is C83H145N43O24. The van der Waals surface area contributed by atoms with E-state index in [9.17, 15) is 86.6 Å². The molecule has 50 N–H and O–H groups in total. The third-order valence-electron chi connectivity index (χ3n) is 21.7. The van der Waals surface area contributed by atoms with E-state index < -0.39 is 175 Å². The fourth-order valence-corrected chi connectivity index (χ4v) is 14.0. The van der Waals surface area contributed by atoms with Crippen LogP contribution < -0.4 is 157 Å². The van der Waals surface area contributed by atoms with Crippen molar-refractivity contribution in [3.8, 4) is 0 Å². The Hall–Kier alpha value is -16.2. The number of hydrogen-bond acceptors (Lipinski definition) is 42. The number of guanidine groups is 3. The molecule has 2 unspecified atom stereocenters. The highest BCUT2D eigenvalue weighted by Gasteiger charge is 2.38. The number of likely N-dealkylation sites (tertiary alicyclic amines) is 2. The van der Waals surface area contributed by atoms with Crippen LogP contribution in [0.25, 0.3) is 0 Å². The molecule has 0 bridgehead atoms. The number of aromatic nitrogens is 10. The van der Waals surface area contributed by atoms with Crippen molar-refractivity contribution >= 4 is 119 Å². The van der Waals surface area contributed by atoms with Crippen molar-refractivity contribution in [1.82, 2.24) is 103 Å². The number of hydrogen-bond donors (Lipinski definition) is 30. The number of amides is 17. The lowest BCUT2D eigenvalue weighted by molar-refractivity contribution is -0.139. The molecule has 5 aromatic heterocycles. The molecule has 2 aliphatic rings. The Balaban J connectivity index is 0.000000482. The van der Waals surface area contributed by atoms with Crippen LogP contribution in [0.5, 0.6) is 0 Å². The molecule has 7 heterocycles. The first-order valence-corrected chi connectivity index (χ1v) is 47.6. The van der Waals surface area contributed by atoms with Gasteiger partial charge in [-0.2, -0.15) is 24.9 Å². The summed E-state index contributed by atoms with van der Waals surface area (Å²) in [7, 11) is 0. The van der Waals surface area contributed by atoms with Gasteiger partial charge in [0.25, 0.3) is 0 Å². The molecule has 150 heavy (non-hydrogen) atoms. The molecule has 5 aromatic rings. The second kappa shape index (κ2) is 68.3. The first kappa shape index (κ1) is 128. The number of carboxylic acids is 2. The van der Waals surface area contributed by atoms with Gasteiger partial charge >= 0.3 is 42.1 Å². The summed E-state index contributed by atoms with van der Waals surface area (Å²) in [6.45, 7) is 6.75. The molecule has 17 amide bonds. The van der Waals surface area contributed by atoms with Crippen molar-refractivity contribution in [1.29, 1.82) is 0 Å². The lowest BCUT2D eigenvalue weighted by atomic mass is 10.1. The Morgan fingerprint density at radius 3 is 0.893 bits per heavy atom. The molecular weight excluding hydrogens is 1980 g/mol. The van der Waals surface area contributed by atoms with E-state index in [1.807, 2.05) is 0 Å². The Morgan fingerprint density at radius 1 is 0.347 bits per heavy atom. The number of nitrogens with one attached hydrogen (secondary N) is 8. The standard InChI is InChI=1S/C18H31N9O4.C18H31N7O4.C17H30N10O5.C16H28N8O6.C14H25N9O5/c1-10(28)13-5-3-9-27(13)18(30)24-12(6-7-14(20)29)16-25-15(26-31-16)11(19)4-2-8-23-17(21)22;1-11(26)14-6-4-10-25(14)18(28)22-13(7-8-15(21)27)17-23-16(24-29-17)12(20)5-2-3-9-19;1-8(28)10(3-2-6-23-16(21)22)24-17(31)25-11(4-5-12(19)29)15-26-14(27-32-15)9(18)7-13(20)30;17-6-2-1-3-10(15(27)28)22-16(29)21-9(4-5-11(19)25)14-23-13(24-30-14)8(18)7-12(20)26;15-7(2-1-5-19-13(17)18)11-22-12(28-23-11)8(3-4-9(16)24)21-14(27)20-6-10(25)26/h11-13H,2-9,19H2,1H3,(H2,20,29)(H,24,30)(H4,21,22,23);12-14H,2-10,19-20H2,1H3,(H2,21,27)(H,22,28);9-11H,2-7,18H2,1H3,(H2,19,29)(H2,20,30)(H4,21,22,23)(H2,24,25,31);8-10H,1-7,17-18H2,(H2,19,25)(H2,20,26)(H,27,28)(H2,21,22,29);7-8H,1-6,15H2,(H2,16,24)(H,25,26)(H4,17,18,19)(H2,20,21,27)/t11-,12-,13?;12-,13-,14?;9-,10-,11-;8-,9-,10-;7-,8-/m00000/s1. The summed E-state index contributed by atoms with van der Waals surface area (Å²) in [6, 6.07) is -13.4. The average molecular weight is 2130 g/mol. The van der Waals surface area contributed by atoms with Crippen molar-refractivity contribution < 1.29 is 114 Å². The van der Waals surface area contributed by atoms with Crippen molar-refractivity contribution in [3.05, 3.63) is 58.6 Å². The number of carboxylic acid groups (broad SMARTS) is 2. The highest BCUT2D eigenvalue weighted by atomic mass is 16.5. The third-order valence-corrected chi connectivity index (χ3v) is 21.7. The maximum atomic E-state index is 12.8. The first-order chi connectivity index (χ1) is 70.8. The van der Waals surface area contributed by atoms with E-state index >= 15 is 0 Å². The van der Waals surface area contributed by atoms with Crippen LogP contribution in [0.15, 0.2) is 37.6 Å². The summed E-state index contributed by atoms with van der Waals surface area (Å²) < 4.78 is 25.9. The van der Waals surface area contributed by atoms with E-state index in [0.717, 1.165) is 25.7 Å². The predicted molar refractivity (Wildman–Crippen MR) is 526 cm³/mol. The zero-order valence-corrected chi connectivity index (χ0v) is 83.7. The molecule has 0 spiro atoms. The minimum atomic E-state index is -1.21. The highest BCUT2D eigenvalue weighted by molar-refractivity contribution is 5.90. The van der Waals surface area contributed by atoms with Crippen LogP contribution >= 0.6 is 0 Å². The molecule has 0 saturated carbocycles. The van der Waals surface area contributed by atoms with E-state index in [2.05, 4.69) is 108 Å². The largest absolute Gasteiger partial charge is 0.480 e. The minimum Gasteiger partial charge on any atom is -0.480 e. The number of nitrogens with two attached hydrogens (primary N) is 20. The van der Waals surface area contributed by atoms with Gasteiger partial charge in [0.05, 0.1) is 48.3 Å². The lowest BCUT2D eigenvalue weighted by Crippen LogP contribution is -2.47. The molecule has 67 heteroatoms. The highest BCUT2D eigenvalue weighted by Crippen LogP contribution is 2.29. The van der Waals surface area contributed by atoms with Crippen LogP contribution in [-0.2, 0) is 57.5 Å². The van der Waals surface area contributed by atoms with Crippen LogP contribution in [0.4, 0.5) is 24.0 Å². The molecule has 2 saturated heterocycles. The Bertz CT molecular complexity index is 5250. The number of carbonyl (C=O) groups is 17. The molecule has 67 nitrogen and oxygen atoms in total. The molecule has 2 fully saturated rings. The zero-order valence-electron chi connectivity index (χ0n) is 83.7. The number of aliphatic imine (C=N–C) groups is 3. The van der Waals surface area contributed by atoms with Gasteiger partial charge in [-0.25, -0.2) is 28.8 Å². The first-order valence-electron chi connectivity index (χ1n) is 47.6. The summed E-state index contributed by atoms with van der Waals surface area (Å²) >= 11 is 0. The molecule has 0 aromatic carbocycles. The maximum Gasteiger partial charge on any atom is 0.326 e. The maximum absolute atomic E-state index is 12.8. The summed E-state index contributed by atoms with van der Waals surface area (Å²) in [5, 5.41) is 56.9. The fraction of sp³-hybridized carbons (Fsp3) is 0.639. The number of aliphatic carboxylic acids is 2. The van der Waals surface area contributed by atoms with E-state index in [-0.39, 0.29) is 171 Å². The number of carbonyl (C=O) groups excluding carboxylic acids is 15. The normalized spacial score (nSPS) is 15.2. The average Bonchev–Trinajstić information content (AvgIpc) is 1.67. The molecule has 836 valence electrons. The van der Waals surface area contributed by atoms with Crippen LogP contribution in [-0.4, -0.2) is 266 Å². The van der Waals surface area contributed by atoms with Gasteiger partial charge in [-0.15, -0.1) is 0 Å². The second-order valence-electron chi connectivity index (χ2n) is 34.4. The summed E-state index contributed by atoms with van der Waals surface area (Å²) in [5.41, 5.74) is 108. The Morgan fingerprint density at radius 2 is 0.620 bits per heavy atom. The van der Waals surface area contributed by atoms with E-state index in [0.29, 0.717) is 122 Å². The summed E-state index contributed by atoms with van der Waals surface area (Å²) in [6.07, 6.45) is 9.22. The summed E-state index contributed by atoms with van der Waals surface area (Å²) in [5.74, 6) is -6.13. The number of nitrogens with zero attached hydrogens (tertiary/aromatic N) is 15. The Kier molecular flexibility index (Phi) is 58.3. The zero-order chi connectivity index (χ0) is 112. The topological polar surface area (TPSA) is 1190 Å². The van der Waals surface area contributed by atoms with E-state index in [4.69, 9.17) is 142 Å². The van der Waals surface area contributed by atoms with Gasteiger partial charge in [-0.3, -0.25) is 67.7 Å². The van der Waals surface area contributed by atoms with Gasteiger partial charge in [0.2, 0.25) is 70.8 Å². The van der Waals surface area contributed by atoms with Crippen molar-refractivity contribution in [2.24, 2.45) is 130 Å².